The molecule has 2 atom stereocenters. The number of nitrogens with two attached hydrogens (primary N) is 1. The van der Waals surface area contributed by atoms with Crippen LogP contribution in [0.25, 0.3) is 11.9 Å². The molecular formula is C24H26F2N4O3S. The van der Waals surface area contributed by atoms with Gasteiger partial charge in [-0.3, -0.25) is 4.99 Å². The van der Waals surface area contributed by atoms with Crippen molar-refractivity contribution >= 4 is 27.6 Å². The van der Waals surface area contributed by atoms with E-state index in [9.17, 15) is 17.2 Å². The van der Waals surface area contributed by atoms with E-state index in [4.69, 9.17) is 10.5 Å². The third kappa shape index (κ3) is 4.94. The van der Waals surface area contributed by atoms with Crippen LogP contribution in [-0.2, 0) is 15.4 Å². The van der Waals surface area contributed by atoms with E-state index in [2.05, 4.69) is 26.8 Å². The smallest absolute Gasteiger partial charge is 0.233 e. The SMILES string of the molecule is CC#C[C@H](C)Oc1cnc(/C(F)=C/c2ccc(F)c([C@]3(C)CS(=O)(=O)C(C)(C)C(N)=N3)c2)cn1. The van der Waals surface area contributed by atoms with Crippen molar-refractivity contribution in [2.75, 3.05) is 5.75 Å². The second kappa shape index (κ2) is 9.14. The summed E-state index contributed by atoms with van der Waals surface area (Å²) < 4.78 is 59.3. The Morgan fingerprint density at radius 2 is 1.97 bits per heavy atom. The standard InChI is InChI=1S/C24H26F2N4O3S/c1-6-7-15(2)33-21-13-28-20(12-29-21)19(26)11-16-8-9-18(25)17(10-16)24(5)14-34(31,32)23(3,4)22(27)30-24/h8-13,15H,14H2,1-5H3,(H2,27,30)/b19-11-/t15-,24-/m0/s1. The van der Waals surface area contributed by atoms with Crippen LogP contribution in [0.4, 0.5) is 8.78 Å². The number of hydrogen-bond acceptors (Lipinski definition) is 7. The van der Waals surface area contributed by atoms with E-state index >= 15 is 0 Å². The van der Waals surface area contributed by atoms with Gasteiger partial charge in [-0.15, -0.1) is 5.92 Å². The van der Waals surface area contributed by atoms with Crippen LogP contribution in [0.5, 0.6) is 5.88 Å². The Morgan fingerprint density at radius 3 is 2.56 bits per heavy atom. The van der Waals surface area contributed by atoms with Crippen molar-refractivity contribution in [2.45, 2.75) is 51.0 Å². The molecule has 10 heteroatoms. The van der Waals surface area contributed by atoms with Crippen molar-refractivity contribution in [1.82, 2.24) is 9.97 Å². The molecule has 0 saturated carbocycles. The lowest BCUT2D eigenvalue weighted by Crippen LogP contribution is -2.55. The lowest BCUT2D eigenvalue weighted by atomic mass is 9.91. The van der Waals surface area contributed by atoms with Gasteiger partial charge in [0.05, 0.1) is 18.1 Å². The van der Waals surface area contributed by atoms with Crippen molar-refractivity contribution in [3.05, 3.63) is 53.2 Å². The molecule has 0 aliphatic carbocycles. The number of aliphatic imine (C=N–C) groups is 1. The highest BCUT2D eigenvalue weighted by Gasteiger charge is 2.49. The number of amidine groups is 1. The molecule has 1 aliphatic rings. The van der Waals surface area contributed by atoms with Gasteiger partial charge >= 0.3 is 0 Å². The average molecular weight is 489 g/mol. The Labute approximate surface area is 198 Å². The van der Waals surface area contributed by atoms with Crippen molar-refractivity contribution in [3.63, 3.8) is 0 Å². The number of aromatic nitrogens is 2. The fourth-order valence-electron chi connectivity index (χ4n) is 3.46. The summed E-state index contributed by atoms with van der Waals surface area (Å²) in [4.78, 5) is 12.4. The largest absolute Gasteiger partial charge is 0.460 e. The number of hydrogen-bond donors (Lipinski definition) is 1. The number of halogens is 2. The third-order valence-corrected chi connectivity index (χ3v) is 8.32. The van der Waals surface area contributed by atoms with Crippen LogP contribution in [0.2, 0.25) is 0 Å². The second-order valence-electron chi connectivity index (χ2n) is 8.67. The second-order valence-corrected chi connectivity index (χ2v) is 11.2. The van der Waals surface area contributed by atoms with Crippen LogP contribution < -0.4 is 10.5 Å². The van der Waals surface area contributed by atoms with E-state index in [1.54, 1.807) is 13.8 Å². The Morgan fingerprint density at radius 1 is 1.26 bits per heavy atom. The van der Waals surface area contributed by atoms with Gasteiger partial charge in [-0.1, -0.05) is 12.0 Å². The van der Waals surface area contributed by atoms with Crippen molar-refractivity contribution < 1.29 is 21.9 Å². The van der Waals surface area contributed by atoms with Gasteiger partial charge in [0.2, 0.25) is 5.88 Å². The van der Waals surface area contributed by atoms with Gasteiger partial charge in [0.25, 0.3) is 0 Å². The van der Waals surface area contributed by atoms with E-state index in [-0.39, 0.29) is 23.0 Å². The lowest BCUT2D eigenvalue weighted by molar-refractivity contribution is 0.266. The molecule has 7 nitrogen and oxygen atoms in total. The summed E-state index contributed by atoms with van der Waals surface area (Å²) in [6, 6.07) is 3.86. The van der Waals surface area contributed by atoms with Gasteiger partial charge in [-0.05, 0) is 58.4 Å². The van der Waals surface area contributed by atoms with E-state index < -0.39 is 43.6 Å². The molecule has 0 radical (unpaired) electrons. The van der Waals surface area contributed by atoms with E-state index in [0.29, 0.717) is 5.56 Å². The molecule has 1 aromatic heterocycles. The van der Waals surface area contributed by atoms with Crippen molar-refractivity contribution in [1.29, 1.82) is 0 Å². The number of sulfone groups is 1. The van der Waals surface area contributed by atoms with E-state index in [1.807, 2.05) is 0 Å². The first-order valence-electron chi connectivity index (χ1n) is 10.5. The Balaban J connectivity index is 1.93. The van der Waals surface area contributed by atoms with Gasteiger partial charge in [-0.25, -0.2) is 27.2 Å². The molecular weight excluding hydrogens is 462 g/mol. The molecule has 0 spiro atoms. The maximum atomic E-state index is 14.9. The molecule has 0 unspecified atom stereocenters. The zero-order valence-electron chi connectivity index (χ0n) is 19.6. The molecule has 1 aromatic carbocycles. The summed E-state index contributed by atoms with van der Waals surface area (Å²) in [5.74, 6) is 3.79. The highest BCUT2D eigenvalue weighted by Crippen LogP contribution is 2.38. The quantitative estimate of drug-likeness (QED) is 0.644. The first kappa shape index (κ1) is 25.3. The average Bonchev–Trinajstić information content (AvgIpc) is 2.74. The zero-order chi connectivity index (χ0) is 25.3. The zero-order valence-corrected chi connectivity index (χ0v) is 20.4. The van der Waals surface area contributed by atoms with Gasteiger partial charge in [0.1, 0.15) is 27.6 Å². The molecule has 1 aliphatic heterocycles. The molecule has 2 heterocycles. The van der Waals surface area contributed by atoms with Crippen LogP contribution >= 0.6 is 0 Å². The predicted molar refractivity (Wildman–Crippen MR) is 128 cm³/mol. The van der Waals surface area contributed by atoms with E-state index in [0.717, 1.165) is 12.1 Å². The first-order chi connectivity index (χ1) is 15.8. The maximum absolute atomic E-state index is 14.9. The Kier molecular flexibility index (Phi) is 6.80. The molecule has 0 fully saturated rings. The molecule has 0 bridgehead atoms. The summed E-state index contributed by atoms with van der Waals surface area (Å²) >= 11 is 0. The molecule has 180 valence electrons. The maximum Gasteiger partial charge on any atom is 0.233 e. The normalized spacial score (nSPS) is 22.2. The summed E-state index contributed by atoms with van der Waals surface area (Å²) in [6.07, 6.45) is 3.24. The fraction of sp³-hybridized carbons (Fsp3) is 0.375. The van der Waals surface area contributed by atoms with Crippen LogP contribution in [0.1, 0.15) is 51.4 Å². The molecule has 2 N–H and O–H groups in total. The highest BCUT2D eigenvalue weighted by molar-refractivity contribution is 7.93. The Hall–Kier alpha value is -3.32. The summed E-state index contributed by atoms with van der Waals surface area (Å²) in [6.45, 7) is 7.84. The van der Waals surface area contributed by atoms with Gasteiger partial charge < -0.3 is 10.5 Å². The summed E-state index contributed by atoms with van der Waals surface area (Å²) in [7, 11) is -3.73. The van der Waals surface area contributed by atoms with Crippen LogP contribution in [-0.4, -0.2) is 40.8 Å². The van der Waals surface area contributed by atoms with Crippen LogP contribution in [0, 0.1) is 17.7 Å². The summed E-state index contributed by atoms with van der Waals surface area (Å²) in [5.41, 5.74) is 4.73. The number of ether oxygens (including phenoxy) is 1. The fourth-order valence-corrected chi connectivity index (χ4v) is 5.15. The monoisotopic (exact) mass is 488 g/mol. The van der Waals surface area contributed by atoms with Gasteiger partial charge in [0, 0.05) is 5.56 Å². The number of nitrogens with zero attached hydrogens (tertiary/aromatic N) is 3. The van der Waals surface area contributed by atoms with Crippen molar-refractivity contribution in [3.8, 4) is 17.7 Å². The number of rotatable bonds is 5. The molecule has 3 rings (SSSR count). The van der Waals surface area contributed by atoms with Gasteiger partial charge in [0.15, 0.2) is 21.8 Å². The minimum Gasteiger partial charge on any atom is -0.460 e. The van der Waals surface area contributed by atoms with Crippen LogP contribution in [0.15, 0.2) is 35.6 Å². The van der Waals surface area contributed by atoms with E-state index in [1.165, 1.54) is 45.3 Å². The van der Waals surface area contributed by atoms with Crippen molar-refractivity contribution in [2.24, 2.45) is 10.7 Å². The molecule has 2 aromatic rings. The van der Waals surface area contributed by atoms with Gasteiger partial charge in [-0.2, -0.15) is 0 Å². The minimum absolute atomic E-state index is 0.00284. The number of benzene rings is 1. The minimum atomic E-state index is -3.73. The topological polar surface area (TPSA) is 108 Å². The Bertz CT molecular complexity index is 1330. The highest BCUT2D eigenvalue weighted by atomic mass is 32.2. The van der Waals surface area contributed by atoms with Crippen LogP contribution in [0.3, 0.4) is 0 Å². The molecule has 0 amide bonds. The predicted octanol–water partition coefficient (Wildman–Crippen LogP) is 3.65. The third-order valence-electron chi connectivity index (χ3n) is 5.61. The molecule has 0 saturated heterocycles. The lowest BCUT2D eigenvalue weighted by Gasteiger charge is -2.38. The summed E-state index contributed by atoms with van der Waals surface area (Å²) in [5, 5.41) is 0. The molecule has 34 heavy (non-hydrogen) atoms. The first-order valence-corrected chi connectivity index (χ1v) is 12.1.